The van der Waals surface area contributed by atoms with E-state index in [4.69, 9.17) is 10.2 Å². The van der Waals surface area contributed by atoms with E-state index in [2.05, 4.69) is 4.98 Å². The summed E-state index contributed by atoms with van der Waals surface area (Å²) in [6.07, 6.45) is 0. The molecule has 0 atom stereocenters. The minimum absolute atomic E-state index is 0.131. The van der Waals surface area contributed by atoms with Crippen molar-refractivity contribution in [1.82, 2.24) is 4.98 Å². The van der Waals surface area contributed by atoms with Crippen molar-refractivity contribution in [2.24, 2.45) is 0 Å². The minimum Gasteiger partial charge on any atom is -0.478 e. The van der Waals surface area contributed by atoms with Crippen molar-refractivity contribution in [2.45, 2.75) is 0 Å². The molecule has 1 heterocycles. The number of carboxylic acids is 2. The van der Waals surface area contributed by atoms with Crippen LogP contribution in [-0.2, 0) is 0 Å². The predicted octanol–water partition coefficient (Wildman–Crippen LogP) is 2.78. The normalized spacial score (nSPS) is 10.8. The zero-order valence-corrected chi connectivity index (χ0v) is 10.2. The Kier molecular flexibility index (Phi) is 2.61. The second kappa shape index (κ2) is 4.31. The lowest BCUT2D eigenvalue weighted by molar-refractivity contribution is 0.0687. The first-order valence-corrected chi connectivity index (χ1v) is 5.86. The van der Waals surface area contributed by atoms with Gasteiger partial charge in [0, 0.05) is 10.8 Å². The number of rotatable bonds is 2. The SMILES string of the molecule is O=C(O)c1ccc2nc3c(C(=O)O)cccc3cc2c1. The standard InChI is InChI=1S/C15H9NO4/c17-14(18)9-4-5-12-10(7-9)6-8-2-1-3-11(15(19)20)13(8)16-12/h1-7H,(H,17,18)(H,19,20). The molecule has 0 unspecified atom stereocenters. The van der Waals surface area contributed by atoms with Crippen LogP contribution in [0.25, 0.3) is 21.8 Å². The Hall–Kier alpha value is -2.95. The Labute approximate surface area is 113 Å². The highest BCUT2D eigenvalue weighted by Crippen LogP contribution is 2.23. The molecule has 0 aliphatic carbocycles. The van der Waals surface area contributed by atoms with Crippen molar-refractivity contribution < 1.29 is 19.8 Å². The van der Waals surface area contributed by atoms with E-state index in [-0.39, 0.29) is 11.1 Å². The van der Waals surface area contributed by atoms with Gasteiger partial charge in [-0.3, -0.25) is 0 Å². The fourth-order valence-corrected chi connectivity index (χ4v) is 2.17. The molecule has 1 aromatic heterocycles. The Balaban J connectivity index is 2.36. The summed E-state index contributed by atoms with van der Waals surface area (Å²) in [7, 11) is 0. The monoisotopic (exact) mass is 267 g/mol. The predicted molar refractivity (Wildman–Crippen MR) is 73.2 cm³/mol. The fraction of sp³-hybridized carbons (Fsp3) is 0. The Morgan fingerprint density at radius 2 is 1.70 bits per heavy atom. The van der Waals surface area contributed by atoms with E-state index in [1.807, 2.05) is 0 Å². The average molecular weight is 267 g/mol. The van der Waals surface area contributed by atoms with Gasteiger partial charge in [0.05, 0.1) is 22.2 Å². The first-order chi connectivity index (χ1) is 9.56. The van der Waals surface area contributed by atoms with Gasteiger partial charge in [-0.1, -0.05) is 12.1 Å². The molecule has 2 aromatic carbocycles. The van der Waals surface area contributed by atoms with E-state index in [1.54, 1.807) is 24.3 Å². The van der Waals surface area contributed by atoms with E-state index in [1.165, 1.54) is 18.2 Å². The van der Waals surface area contributed by atoms with Crippen LogP contribution in [0.4, 0.5) is 0 Å². The van der Waals surface area contributed by atoms with Crippen molar-refractivity contribution in [3.8, 4) is 0 Å². The van der Waals surface area contributed by atoms with Crippen molar-refractivity contribution in [2.75, 3.05) is 0 Å². The van der Waals surface area contributed by atoms with Crippen LogP contribution < -0.4 is 0 Å². The number of nitrogens with zero attached hydrogens (tertiary/aromatic N) is 1. The highest BCUT2D eigenvalue weighted by atomic mass is 16.4. The molecule has 0 saturated carbocycles. The van der Waals surface area contributed by atoms with Crippen LogP contribution in [0.3, 0.4) is 0 Å². The van der Waals surface area contributed by atoms with Gasteiger partial charge in [-0.05, 0) is 30.3 Å². The van der Waals surface area contributed by atoms with Gasteiger partial charge in [0.1, 0.15) is 0 Å². The lowest BCUT2D eigenvalue weighted by atomic mass is 10.1. The number of aromatic nitrogens is 1. The van der Waals surface area contributed by atoms with Crippen LogP contribution in [0.2, 0.25) is 0 Å². The average Bonchev–Trinajstić information content (AvgIpc) is 2.43. The molecular formula is C15H9NO4. The molecule has 0 aliphatic rings. The number of hydrogen-bond acceptors (Lipinski definition) is 3. The molecule has 2 N–H and O–H groups in total. The van der Waals surface area contributed by atoms with Crippen molar-refractivity contribution in [1.29, 1.82) is 0 Å². The van der Waals surface area contributed by atoms with Crippen LogP contribution >= 0.6 is 0 Å². The molecule has 3 rings (SSSR count). The van der Waals surface area contributed by atoms with Crippen LogP contribution in [0.5, 0.6) is 0 Å². The molecule has 5 heteroatoms. The summed E-state index contributed by atoms with van der Waals surface area (Å²) in [4.78, 5) is 26.5. The summed E-state index contributed by atoms with van der Waals surface area (Å²) in [5, 5.41) is 19.5. The quantitative estimate of drug-likeness (QED) is 0.697. The van der Waals surface area contributed by atoms with Crippen LogP contribution in [0.15, 0.2) is 42.5 Å². The van der Waals surface area contributed by atoms with E-state index < -0.39 is 11.9 Å². The maximum absolute atomic E-state index is 11.2. The Morgan fingerprint density at radius 3 is 2.40 bits per heavy atom. The van der Waals surface area contributed by atoms with Crippen LogP contribution in [-0.4, -0.2) is 27.1 Å². The number of carboxylic acid groups (broad SMARTS) is 2. The van der Waals surface area contributed by atoms with Crippen LogP contribution in [0.1, 0.15) is 20.7 Å². The van der Waals surface area contributed by atoms with Crippen LogP contribution in [0, 0.1) is 0 Å². The molecule has 20 heavy (non-hydrogen) atoms. The van der Waals surface area contributed by atoms with Gasteiger partial charge in [0.2, 0.25) is 0 Å². The number of para-hydroxylation sites is 1. The van der Waals surface area contributed by atoms with Crippen molar-refractivity contribution in [3.05, 3.63) is 53.6 Å². The Bertz CT molecular complexity index is 870. The van der Waals surface area contributed by atoms with Crippen molar-refractivity contribution in [3.63, 3.8) is 0 Å². The summed E-state index contributed by atoms with van der Waals surface area (Å²) in [5.41, 5.74) is 1.27. The maximum atomic E-state index is 11.2. The van der Waals surface area contributed by atoms with Gasteiger partial charge in [-0.15, -0.1) is 0 Å². The highest BCUT2D eigenvalue weighted by Gasteiger charge is 2.11. The van der Waals surface area contributed by atoms with Gasteiger partial charge in [-0.2, -0.15) is 0 Å². The van der Waals surface area contributed by atoms with Gasteiger partial charge >= 0.3 is 11.9 Å². The smallest absolute Gasteiger partial charge is 0.337 e. The third kappa shape index (κ3) is 1.85. The first-order valence-electron chi connectivity index (χ1n) is 5.86. The van der Waals surface area contributed by atoms with E-state index in [0.29, 0.717) is 21.8 Å². The summed E-state index contributed by atoms with van der Waals surface area (Å²) in [6, 6.07) is 11.2. The van der Waals surface area contributed by atoms with E-state index >= 15 is 0 Å². The molecule has 0 radical (unpaired) electrons. The molecule has 0 aliphatic heterocycles. The van der Waals surface area contributed by atoms with Gasteiger partial charge in [0.15, 0.2) is 0 Å². The van der Waals surface area contributed by atoms with Gasteiger partial charge < -0.3 is 10.2 Å². The third-order valence-corrected chi connectivity index (χ3v) is 3.12. The summed E-state index contributed by atoms with van der Waals surface area (Å²) < 4.78 is 0. The number of aromatic carboxylic acids is 2. The lowest BCUT2D eigenvalue weighted by Gasteiger charge is -2.05. The molecule has 98 valence electrons. The topological polar surface area (TPSA) is 87.5 Å². The molecule has 0 fully saturated rings. The van der Waals surface area contributed by atoms with E-state index in [9.17, 15) is 9.59 Å². The zero-order valence-electron chi connectivity index (χ0n) is 10.2. The maximum Gasteiger partial charge on any atom is 0.337 e. The number of pyridine rings is 1. The number of fused-ring (bicyclic) bond motifs is 2. The fourth-order valence-electron chi connectivity index (χ4n) is 2.17. The first kappa shape index (κ1) is 12.1. The zero-order chi connectivity index (χ0) is 14.3. The highest BCUT2D eigenvalue weighted by molar-refractivity contribution is 6.05. The largest absolute Gasteiger partial charge is 0.478 e. The van der Waals surface area contributed by atoms with Gasteiger partial charge in [0.25, 0.3) is 0 Å². The Morgan fingerprint density at radius 1 is 0.900 bits per heavy atom. The molecule has 0 amide bonds. The molecule has 0 saturated heterocycles. The number of hydrogen-bond donors (Lipinski definition) is 2. The molecule has 5 nitrogen and oxygen atoms in total. The summed E-state index contributed by atoms with van der Waals surface area (Å²) in [5.74, 6) is -2.05. The number of carbonyl (C=O) groups is 2. The van der Waals surface area contributed by atoms with Gasteiger partial charge in [-0.25, -0.2) is 14.6 Å². The molecule has 0 bridgehead atoms. The molecular weight excluding hydrogens is 258 g/mol. The summed E-state index contributed by atoms with van der Waals surface area (Å²) in [6.45, 7) is 0. The van der Waals surface area contributed by atoms with Crippen molar-refractivity contribution >= 4 is 33.7 Å². The third-order valence-electron chi connectivity index (χ3n) is 3.12. The minimum atomic E-state index is -1.04. The second-order valence-corrected chi connectivity index (χ2v) is 4.38. The summed E-state index contributed by atoms with van der Waals surface area (Å²) >= 11 is 0. The molecule has 0 spiro atoms. The number of benzene rings is 2. The second-order valence-electron chi connectivity index (χ2n) is 4.38. The van der Waals surface area contributed by atoms with E-state index in [0.717, 1.165) is 0 Å². The lowest BCUT2D eigenvalue weighted by Crippen LogP contribution is -1.99. The molecule has 3 aromatic rings.